The van der Waals surface area contributed by atoms with Crippen molar-refractivity contribution in [3.8, 4) is 0 Å². The van der Waals surface area contributed by atoms with Gasteiger partial charge in [-0.2, -0.15) is 4.98 Å². The number of aromatic nitrogens is 2. The maximum absolute atomic E-state index is 11.8. The summed E-state index contributed by atoms with van der Waals surface area (Å²) in [7, 11) is -2.14. The van der Waals surface area contributed by atoms with Gasteiger partial charge in [-0.3, -0.25) is 4.57 Å². The number of aliphatic hydroxyl groups excluding tert-OH is 3. The van der Waals surface area contributed by atoms with Crippen molar-refractivity contribution in [1.29, 1.82) is 0 Å². The van der Waals surface area contributed by atoms with Crippen LogP contribution < -0.4 is 17.2 Å². The molecule has 2 heterocycles. The van der Waals surface area contributed by atoms with E-state index >= 15 is 0 Å². The van der Waals surface area contributed by atoms with Crippen molar-refractivity contribution in [2.75, 3.05) is 18.4 Å². The average Bonchev–Trinajstić information content (AvgIpc) is 2.75. The maximum Gasteiger partial charge on any atom is 0.374 e. The largest absolute Gasteiger partial charge is 0.387 e. The molecule has 1 fully saturated rings. The van der Waals surface area contributed by atoms with Crippen LogP contribution in [0.25, 0.3) is 0 Å². The van der Waals surface area contributed by atoms with Crippen LogP contribution in [0.2, 0.25) is 0 Å². The molecule has 0 radical (unpaired) electrons. The van der Waals surface area contributed by atoms with Gasteiger partial charge < -0.3 is 31.5 Å². The first-order valence-electron chi connectivity index (χ1n) is 6.55. The zero-order valence-corrected chi connectivity index (χ0v) is 12.4. The lowest BCUT2D eigenvalue weighted by molar-refractivity contribution is -0.0646. The smallest absolute Gasteiger partial charge is 0.374 e. The minimum Gasteiger partial charge on any atom is -0.387 e. The van der Waals surface area contributed by atoms with Crippen molar-refractivity contribution in [3.63, 3.8) is 0 Å². The Morgan fingerprint density at radius 3 is 2.73 bits per heavy atom. The van der Waals surface area contributed by atoms with Gasteiger partial charge in [-0.05, 0) is 6.07 Å². The quantitative estimate of drug-likeness (QED) is 0.366. The van der Waals surface area contributed by atoms with Crippen LogP contribution >= 0.6 is 7.80 Å². The van der Waals surface area contributed by atoms with Crippen molar-refractivity contribution >= 4 is 13.6 Å². The number of nitrogen functional groups attached to an aromatic ring is 1. The molecular weight excluding hydrogens is 315 g/mol. The third-order valence-corrected chi connectivity index (χ3v) is 4.92. The van der Waals surface area contributed by atoms with Crippen molar-refractivity contribution in [2.45, 2.75) is 30.4 Å². The molecule has 1 aliphatic rings. The topological polar surface area (TPSA) is 174 Å². The van der Waals surface area contributed by atoms with Gasteiger partial charge in [0.25, 0.3) is 5.85 Å². The normalized spacial score (nSPS) is 30.3. The van der Waals surface area contributed by atoms with Gasteiger partial charge in [0.05, 0.1) is 0 Å². The Morgan fingerprint density at radius 1 is 1.45 bits per heavy atom. The number of rotatable bonds is 5. The summed E-state index contributed by atoms with van der Waals surface area (Å²) in [4.78, 5) is 15.2. The fourth-order valence-electron chi connectivity index (χ4n) is 2.20. The second-order valence-electron chi connectivity index (χ2n) is 4.86. The molecule has 1 saturated heterocycles. The van der Waals surface area contributed by atoms with Gasteiger partial charge in [0.2, 0.25) is 0 Å². The molecule has 2 rings (SSSR count). The lowest BCUT2D eigenvalue weighted by Crippen LogP contribution is -2.38. The number of ether oxygens (including phenoxy) is 1. The first-order valence-corrected chi connectivity index (χ1v) is 8.06. The molecule has 0 bridgehead atoms. The van der Waals surface area contributed by atoms with Crippen molar-refractivity contribution < 1.29 is 24.6 Å². The van der Waals surface area contributed by atoms with Crippen LogP contribution in [-0.2, 0) is 9.30 Å². The molecule has 0 aromatic carbocycles. The molecule has 11 heteroatoms. The summed E-state index contributed by atoms with van der Waals surface area (Å²) in [6.07, 6.45) is -4.28. The first-order chi connectivity index (χ1) is 10.4. The number of aliphatic hydroxyl groups is 3. The predicted molar refractivity (Wildman–Crippen MR) is 76.4 cm³/mol. The van der Waals surface area contributed by atoms with E-state index in [1.807, 2.05) is 0 Å². The summed E-state index contributed by atoms with van der Waals surface area (Å²) in [5, 5.41) is 29.9. The van der Waals surface area contributed by atoms with Crippen LogP contribution in [0, 0.1) is 0 Å². The van der Waals surface area contributed by atoms with Crippen LogP contribution in [0.3, 0.4) is 0 Å². The number of nitrogens with zero attached hydrogens (tertiary/aromatic N) is 2. The Morgan fingerprint density at radius 2 is 2.14 bits per heavy atom. The summed E-state index contributed by atoms with van der Waals surface area (Å²) in [5.41, 5.74) is 9.86. The fraction of sp³-hybridized carbons (Fsp3) is 0.636. The van der Waals surface area contributed by atoms with Gasteiger partial charge in [0, 0.05) is 12.7 Å². The first kappa shape index (κ1) is 16.9. The molecule has 1 aromatic rings. The van der Waals surface area contributed by atoms with E-state index in [9.17, 15) is 24.7 Å². The van der Waals surface area contributed by atoms with E-state index in [-0.39, 0.29) is 18.5 Å². The van der Waals surface area contributed by atoms with Gasteiger partial charge in [0.15, 0.2) is 18.5 Å². The summed E-state index contributed by atoms with van der Waals surface area (Å²) in [5.74, 6) is -1.51. The Labute approximate surface area is 126 Å². The summed E-state index contributed by atoms with van der Waals surface area (Å²) >= 11 is 0. The average molecular weight is 333 g/mol. The van der Waals surface area contributed by atoms with Gasteiger partial charge in [0.1, 0.15) is 18.0 Å². The minimum absolute atomic E-state index is 0.00288. The molecule has 10 nitrogen and oxygen atoms in total. The molecule has 0 aliphatic carbocycles. The summed E-state index contributed by atoms with van der Waals surface area (Å²) in [6.45, 7) is 0.0996. The van der Waals surface area contributed by atoms with Crippen LogP contribution in [0.15, 0.2) is 17.1 Å². The Balaban J connectivity index is 2.23. The number of hydrogen-bond donors (Lipinski definition) is 5. The van der Waals surface area contributed by atoms with Crippen molar-refractivity contribution in [2.24, 2.45) is 5.73 Å². The monoisotopic (exact) mass is 333 g/mol. The van der Waals surface area contributed by atoms with Crippen LogP contribution in [0.4, 0.5) is 5.82 Å². The highest BCUT2D eigenvalue weighted by Gasteiger charge is 2.52. The number of nitrogens with two attached hydrogens (primary N) is 2. The minimum atomic E-state index is -2.14. The molecule has 1 aromatic heterocycles. The van der Waals surface area contributed by atoms with E-state index in [1.54, 1.807) is 0 Å². The van der Waals surface area contributed by atoms with E-state index in [2.05, 4.69) is 4.98 Å². The van der Waals surface area contributed by atoms with E-state index < -0.39 is 43.9 Å². The van der Waals surface area contributed by atoms with Gasteiger partial charge in [-0.25, -0.2) is 4.79 Å². The summed E-state index contributed by atoms with van der Waals surface area (Å²) in [6, 6.07) is 1.32. The fourth-order valence-corrected chi connectivity index (χ4v) is 3.30. The highest BCUT2D eigenvalue weighted by atomic mass is 31.1. The van der Waals surface area contributed by atoms with Gasteiger partial charge in [-0.15, -0.1) is 0 Å². The molecule has 7 N–H and O–H groups in total. The standard InChI is InChI=1S/C11H17N4O6P/c12-2-4-22(20)10(18)8-6(16)7(17)9(21-8)15-3-1-5(13)14-11(15)19/h1,3,6-10,16-18H,2,4,12H2,(H-,13,14,19)/p+1/t6-,7-,8-,9-,10?/m0/s1. The second-order valence-corrected chi connectivity index (χ2v) is 6.67. The third kappa shape index (κ3) is 3.17. The van der Waals surface area contributed by atoms with Crippen molar-refractivity contribution in [3.05, 3.63) is 22.7 Å². The molecule has 1 aliphatic heterocycles. The van der Waals surface area contributed by atoms with Crippen molar-refractivity contribution in [1.82, 2.24) is 9.55 Å². The van der Waals surface area contributed by atoms with E-state index in [0.717, 1.165) is 4.57 Å². The van der Waals surface area contributed by atoms with E-state index in [4.69, 9.17) is 16.2 Å². The van der Waals surface area contributed by atoms with Gasteiger partial charge in [-0.1, -0.05) is 4.57 Å². The highest BCUT2D eigenvalue weighted by Crippen LogP contribution is 2.38. The SMILES string of the molecule is NCC[P+](=O)C(O)[C@H]1O[C@H](n2ccc(N)nc2=O)[C@@H](O)[C@@H]1O. The Bertz CT molecular complexity index is 610. The zero-order valence-electron chi connectivity index (χ0n) is 11.5. The highest BCUT2D eigenvalue weighted by molar-refractivity contribution is 7.45. The Kier molecular flexibility index (Phi) is 5.22. The van der Waals surface area contributed by atoms with Gasteiger partial charge >= 0.3 is 13.5 Å². The second kappa shape index (κ2) is 6.78. The van der Waals surface area contributed by atoms with E-state index in [1.165, 1.54) is 12.3 Å². The zero-order chi connectivity index (χ0) is 16.4. The maximum atomic E-state index is 11.8. The molecule has 2 unspecified atom stereocenters. The predicted octanol–water partition coefficient (Wildman–Crippen LogP) is -2.45. The third-order valence-electron chi connectivity index (χ3n) is 3.34. The Hall–Kier alpha value is -1.42. The number of anilines is 1. The molecular formula is C11H18N4O6P+. The molecule has 22 heavy (non-hydrogen) atoms. The molecule has 122 valence electrons. The number of hydrogen-bond acceptors (Lipinski definition) is 9. The lowest BCUT2D eigenvalue weighted by Gasteiger charge is -2.16. The molecule has 0 spiro atoms. The van der Waals surface area contributed by atoms with Crippen LogP contribution in [-0.4, -0.2) is 61.7 Å². The molecule has 0 amide bonds. The van der Waals surface area contributed by atoms with E-state index in [0.29, 0.717) is 0 Å². The molecule has 6 atom stereocenters. The van der Waals surface area contributed by atoms with Crippen LogP contribution in [0.5, 0.6) is 0 Å². The molecule has 0 saturated carbocycles. The summed E-state index contributed by atoms with van der Waals surface area (Å²) < 4.78 is 18.1. The van der Waals surface area contributed by atoms with Crippen LogP contribution in [0.1, 0.15) is 6.23 Å². The lowest BCUT2D eigenvalue weighted by atomic mass is 10.1.